The number of piperazine rings is 1. The number of nitrogens with zero attached hydrogens (tertiary/aromatic N) is 1. The van der Waals surface area contributed by atoms with Crippen LogP contribution in [-0.4, -0.2) is 42.9 Å². The van der Waals surface area contributed by atoms with Gasteiger partial charge >= 0.3 is 11.8 Å². The van der Waals surface area contributed by atoms with E-state index >= 15 is 0 Å². The van der Waals surface area contributed by atoms with E-state index in [1.165, 1.54) is 5.56 Å². The molecule has 1 aliphatic heterocycles. The Kier molecular flexibility index (Phi) is 5.12. The highest BCUT2D eigenvalue weighted by Crippen LogP contribution is 2.08. The molecule has 1 saturated heterocycles. The van der Waals surface area contributed by atoms with Crippen molar-refractivity contribution in [1.82, 2.24) is 15.5 Å². The number of rotatable bonds is 3. The Morgan fingerprint density at radius 2 is 1.85 bits per heavy atom. The zero-order valence-electron chi connectivity index (χ0n) is 11.8. The van der Waals surface area contributed by atoms with Crippen molar-refractivity contribution >= 4 is 11.8 Å². The van der Waals surface area contributed by atoms with Gasteiger partial charge in [0.2, 0.25) is 0 Å². The summed E-state index contributed by atoms with van der Waals surface area (Å²) in [6.07, 6.45) is 0.914. The zero-order valence-corrected chi connectivity index (χ0v) is 11.8. The molecule has 1 aromatic carbocycles. The van der Waals surface area contributed by atoms with Gasteiger partial charge in [0.15, 0.2) is 0 Å². The fourth-order valence-electron chi connectivity index (χ4n) is 2.34. The minimum absolute atomic E-state index is 0.403. The zero-order chi connectivity index (χ0) is 14.4. The predicted molar refractivity (Wildman–Crippen MR) is 77.1 cm³/mol. The molecule has 0 aromatic heterocycles. The third-order valence-corrected chi connectivity index (χ3v) is 3.54. The number of carbonyl (C=O) groups is 2. The van der Waals surface area contributed by atoms with Crippen molar-refractivity contribution in [3.05, 3.63) is 35.4 Å². The SMILES string of the molecule is CCc1ccccc1CNC(=O)C(=O)N1CCNCC1. The van der Waals surface area contributed by atoms with Crippen molar-refractivity contribution in [3.63, 3.8) is 0 Å². The second-order valence-corrected chi connectivity index (χ2v) is 4.85. The Labute approximate surface area is 119 Å². The van der Waals surface area contributed by atoms with E-state index in [9.17, 15) is 9.59 Å². The smallest absolute Gasteiger partial charge is 0.311 e. The number of benzene rings is 1. The molecule has 0 bridgehead atoms. The van der Waals surface area contributed by atoms with Gasteiger partial charge in [-0.25, -0.2) is 0 Å². The van der Waals surface area contributed by atoms with Gasteiger partial charge in [0, 0.05) is 32.7 Å². The van der Waals surface area contributed by atoms with Crippen LogP contribution in [-0.2, 0) is 22.6 Å². The first-order valence-corrected chi connectivity index (χ1v) is 7.07. The first-order chi connectivity index (χ1) is 9.72. The fourth-order valence-corrected chi connectivity index (χ4v) is 2.34. The summed E-state index contributed by atoms with van der Waals surface area (Å²) in [5.41, 5.74) is 2.26. The molecule has 2 rings (SSSR count). The minimum Gasteiger partial charge on any atom is -0.344 e. The molecule has 1 heterocycles. The van der Waals surface area contributed by atoms with Gasteiger partial charge in [0.25, 0.3) is 0 Å². The number of aryl methyl sites for hydroxylation is 1. The highest BCUT2D eigenvalue weighted by atomic mass is 16.2. The monoisotopic (exact) mass is 275 g/mol. The third kappa shape index (κ3) is 3.57. The van der Waals surface area contributed by atoms with Gasteiger partial charge in [-0.05, 0) is 17.5 Å². The van der Waals surface area contributed by atoms with Crippen LogP contribution in [0.4, 0.5) is 0 Å². The van der Waals surface area contributed by atoms with Crippen LogP contribution in [0.25, 0.3) is 0 Å². The third-order valence-electron chi connectivity index (χ3n) is 3.54. The summed E-state index contributed by atoms with van der Waals surface area (Å²) in [6.45, 7) is 5.16. The largest absolute Gasteiger partial charge is 0.344 e. The first-order valence-electron chi connectivity index (χ1n) is 7.07. The Bertz CT molecular complexity index is 482. The van der Waals surface area contributed by atoms with Crippen LogP contribution >= 0.6 is 0 Å². The van der Waals surface area contributed by atoms with E-state index in [0.717, 1.165) is 25.1 Å². The van der Waals surface area contributed by atoms with E-state index < -0.39 is 11.8 Å². The van der Waals surface area contributed by atoms with Gasteiger partial charge in [-0.15, -0.1) is 0 Å². The van der Waals surface area contributed by atoms with Gasteiger partial charge in [-0.2, -0.15) is 0 Å². The summed E-state index contributed by atoms with van der Waals surface area (Å²) in [5, 5.41) is 5.88. The molecule has 2 amide bonds. The second-order valence-electron chi connectivity index (χ2n) is 4.85. The van der Waals surface area contributed by atoms with Gasteiger partial charge in [0.1, 0.15) is 0 Å². The number of hydrogen-bond acceptors (Lipinski definition) is 3. The van der Waals surface area contributed by atoms with Crippen LogP contribution in [0.3, 0.4) is 0 Å². The molecule has 5 nitrogen and oxygen atoms in total. The molecule has 0 atom stereocenters. The number of nitrogens with one attached hydrogen (secondary N) is 2. The maximum atomic E-state index is 12.0. The van der Waals surface area contributed by atoms with Crippen LogP contribution < -0.4 is 10.6 Å². The molecule has 1 aromatic rings. The van der Waals surface area contributed by atoms with Crippen molar-refractivity contribution in [2.75, 3.05) is 26.2 Å². The van der Waals surface area contributed by atoms with Crippen molar-refractivity contribution in [2.24, 2.45) is 0 Å². The van der Waals surface area contributed by atoms with Crippen molar-refractivity contribution in [2.45, 2.75) is 19.9 Å². The summed E-state index contributed by atoms with van der Waals surface area (Å²) in [6, 6.07) is 7.95. The average molecular weight is 275 g/mol. The standard InChI is InChI=1S/C15H21N3O2/c1-2-12-5-3-4-6-13(12)11-17-14(19)15(20)18-9-7-16-8-10-18/h3-6,16H,2,7-11H2,1H3,(H,17,19). The lowest BCUT2D eigenvalue weighted by Crippen LogP contribution is -2.51. The second kappa shape index (κ2) is 7.05. The fraction of sp³-hybridized carbons (Fsp3) is 0.467. The van der Waals surface area contributed by atoms with Gasteiger partial charge in [-0.1, -0.05) is 31.2 Å². The molecule has 0 saturated carbocycles. The molecule has 108 valence electrons. The van der Waals surface area contributed by atoms with Crippen LogP contribution in [0, 0.1) is 0 Å². The molecule has 20 heavy (non-hydrogen) atoms. The predicted octanol–water partition coefficient (Wildman–Crippen LogP) is 0.297. The lowest BCUT2D eigenvalue weighted by molar-refractivity contribution is -0.146. The summed E-state index contributed by atoms with van der Waals surface area (Å²) < 4.78 is 0. The molecule has 0 unspecified atom stereocenters. The van der Waals surface area contributed by atoms with Crippen LogP contribution in [0.2, 0.25) is 0 Å². The Hall–Kier alpha value is -1.88. The van der Waals surface area contributed by atoms with Gasteiger partial charge < -0.3 is 15.5 Å². The number of carbonyl (C=O) groups excluding carboxylic acids is 2. The van der Waals surface area contributed by atoms with E-state index in [2.05, 4.69) is 17.6 Å². The van der Waals surface area contributed by atoms with E-state index in [-0.39, 0.29) is 0 Å². The lowest BCUT2D eigenvalue weighted by Gasteiger charge is -2.26. The highest BCUT2D eigenvalue weighted by Gasteiger charge is 2.22. The molecule has 0 spiro atoms. The molecular formula is C15H21N3O2. The molecule has 2 N–H and O–H groups in total. The van der Waals surface area contributed by atoms with Crippen LogP contribution in [0.5, 0.6) is 0 Å². The Balaban J connectivity index is 1.89. The maximum Gasteiger partial charge on any atom is 0.311 e. The Morgan fingerprint density at radius 1 is 1.20 bits per heavy atom. The van der Waals surface area contributed by atoms with E-state index in [1.54, 1.807) is 4.90 Å². The topological polar surface area (TPSA) is 61.4 Å². The van der Waals surface area contributed by atoms with E-state index in [4.69, 9.17) is 0 Å². The quantitative estimate of drug-likeness (QED) is 0.780. The molecule has 0 aliphatic carbocycles. The maximum absolute atomic E-state index is 12.0. The highest BCUT2D eigenvalue weighted by molar-refractivity contribution is 6.35. The number of amides is 2. The summed E-state index contributed by atoms with van der Waals surface area (Å²) in [4.78, 5) is 25.4. The van der Waals surface area contributed by atoms with Crippen LogP contribution in [0.1, 0.15) is 18.1 Å². The summed E-state index contributed by atoms with van der Waals surface area (Å²) in [5.74, 6) is -0.946. The lowest BCUT2D eigenvalue weighted by atomic mass is 10.1. The molecule has 1 aliphatic rings. The minimum atomic E-state index is -0.516. The molecule has 0 radical (unpaired) electrons. The molecule has 1 fully saturated rings. The molecular weight excluding hydrogens is 254 g/mol. The van der Waals surface area contributed by atoms with Crippen molar-refractivity contribution < 1.29 is 9.59 Å². The summed E-state index contributed by atoms with van der Waals surface area (Å²) in [7, 11) is 0. The van der Waals surface area contributed by atoms with Gasteiger partial charge in [0.05, 0.1) is 0 Å². The number of hydrogen-bond donors (Lipinski definition) is 2. The normalized spacial score (nSPS) is 14.9. The Morgan fingerprint density at radius 3 is 2.50 bits per heavy atom. The first kappa shape index (κ1) is 14.5. The van der Waals surface area contributed by atoms with Gasteiger partial charge in [-0.3, -0.25) is 9.59 Å². The van der Waals surface area contributed by atoms with Crippen molar-refractivity contribution in [1.29, 1.82) is 0 Å². The van der Waals surface area contributed by atoms with Crippen LogP contribution in [0.15, 0.2) is 24.3 Å². The average Bonchev–Trinajstić information content (AvgIpc) is 2.53. The molecule has 5 heteroatoms. The van der Waals surface area contributed by atoms with Crippen molar-refractivity contribution in [3.8, 4) is 0 Å². The summed E-state index contributed by atoms with van der Waals surface area (Å²) >= 11 is 0. The van der Waals surface area contributed by atoms with E-state index in [0.29, 0.717) is 19.6 Å². The van der Waals surface area contributed by atoms with E-state index in [1.807, 2.05) is 24.3 Å².